The standard InChI is InChI=1S/C4H10NO3S.K/c1-2-3-4-5-9(6,7)8;/h2-4H2,1H3,(H,6,7,8);/q-1;+1. The number of unbranched alkanes of at least 4 members (excludes halogenated alkanes) is 1. The monoisotopic (exact) mass is 191 g/mol. The third kappa shape index (κ3) is 12.2. The quantitative estimate of drug-likeness (QED) is 0.316. The van der Waals surface area contributed by atoms with Crippen molar-refractivity contribution in [3.05, 3.63) is 4.72 Å². The van der Waals surface area contributed by atoms with Crippen LogP contribution >= 0.6 is 0 Å². The molecule has 0 radical (unpaired) electrons. The molecule has 0 saturated carbocycles. The van der Waals surface area contributed by atoms with E-state index in [9.17, 15) is 8.42 Å². The first-order valence-electron chi connectivity index (χ1n) is 2.72. The first kappa shape index (κ1) is 14.1. The first-order valence-corrected chi connectivity index (χ1v) is 4.12. The minimum atomic E-state index is -4.07. The van der Waals surface area contributed by atoms with Gasteiger partial charge in [0.15, 0.2) is 10.3 Å². The van der Waals surface area contributed by atoms with Crippen molar-refractivity contribution >= 4 is 10.3 Å². The maximum atomic E-state index is 9.89. The Hall–Kier alpha value is 1.51. The van der Waals surface area contributed by atoms with Gasteiger partial charge in [-0.3, -0.25) is 4.55 Å². The zero-order valence-electron chi connectivity index (χ0n) is 6.24. The van der Waals surface area contributed by atoms with Crippen LogP contribution in [0.25, 0.3) is 4.72 Å². The van der Waals surface area contributed by atoms with Gasteiger partial charge in [-0.2, -0.15) is 0 Å². The Bertz CT molecular complexity index is 156. The van der Waals surface area contributed by atoms with Gasteiger partial charge in [0.2, 0.25) is 0 Å². The van der Waals surface area contributed by atoms with Gasteiger partial charge in [-0.25, -0.2) is 8.42 Å². The molecular formula is C4H10KNO3S. The molecule has 0 heterocycles. The molecule has 0 aromatic carbocycles. The number of nitrogens with zero attached hydrogens (tertiary/aromatic N) is 1. The van der Waals surface area contributed by atoms with Gasteiger partial charge in [-0.1, -0.05) is 19.8 Å². The average molecular weight is 191 g/mol. The fraction of sp³-hybridized carbons (Fsp3) is 1.00. The normalized spacial score (nSPS) is 10.6. The van der Waals surface area contributed by atoms with Crippen LogP contribution in [0.15, 0.2) is 0 Å². The number of rotatable bonds is 4. The molecule has 0 atom stereocenters. The molecule has 0 aliphatic carbocycles. The van der Waals surface area contributed by atoms with Crippen molar-refractivity contribution in [3.8, 4) is 0 Å². The molecule has 10 heavy (non-hydrogen) atoms. The fourth-order valence-corrected chi connectivity index (χ4v) is 0.698. The predicted octanol–water partition coefficient (Wildman–Crippen LogP) is -2.03. The second-order valence-corrected chi connectivity index (χ2v) is 2.81. The molecule has 0 aliphatic heterocycles. The SMILES string of the molecule is CCCC[N-]S(=O)(=O)O.[K+]. The summed E-state index contributed by atoms with van der Waals surface area (Å²) >= 11 is 0. The molecule has 4 nitrogen and oxygen atoms in total. The van der Waals surface area contributed by atoms with E-state index in [0.717, 1.165) is 6.42 Å². The van der Waals surface area contributed by atoms with Crippen molar-refractivity contribution in [2.45, 2.75) is 19.8 Å². The van der Waals surface area contributed by atoms with Gasteiger partial charge >= 0.3 is 51.4 Å². The minimum Gasteiger partial charge on any atom is -0.525 e. The van der Waals surface area contributed by atoms with Crippen molar-refractivity contribution in [1.29, 1.82) is 0 Å². The summed E-state index contributed by atoms with van der Waals surface area (Å²) in [5, 5.41) is 0. The van der Waals surface area contributed by atoms with Gasteiger partial charge in [0.1, 0.15) is 0 Å². The van der Waals surface area contributed by atoms with Crippen LogP contribution in [0.5, 0.6) is 0 Å². The van der Waals surface area contributed by atoms with E-state index in [0.29, 0.717) is 6.42 Å². The first-order chi connectivity index (χ1) is 4.06. The van der Waals surface area contributed by atoms with Crippen LogP contribution in [0.2, 0.25) is 0 Å². The zero-order valence-corrected chi connectivity index (χ0v) is 10.2. The van der Waals surface area contributed by atoms with Crippen molar-refractivity contribution in [2.24, 2.45) is 0 Å². The zero-order chi connectivity index (χ0) is 7.33. The van der Waals surface area contributed by atoms with E-state index < -0.39 is 10.3 Å². The second-order valence-electron chi connectivity index (χ2n) is 1.65. The van der Waals surface area contributed by atoms with Crippen LogP contribution in [-0.4, -0.2) is 19.5 Å². The van der Waals surface area contributed by atoms with E-state index in [1.807, 2.05) is 6.92 Å². The smallest absolute Gasteiger partial charge is 0.525 e. The van der Waals surface area contributed by atoms with Crippen molar-refractivity contribution in [3.63, 3.8) is 0 Å². The van der Waals surface area contributed by atoms with Crippen LogP contribution in [-0.2, 0) is 10.3 Å². The molecule has 1 N–H and O–H groups in total. The molecule has 0 bridgehead atoms. The molecule has 0 spiro atoms. The number of hydrogen-bond donors (Lipinski definition) is 1. The van der Waals surface area contributed by atoms with Gasteiger partial charge in [-0.05, 0) is 0 Å². The summed E-state index contributed by atoms with van der Waals surface area (Å²) in [5.41, 5.74) is 0. The molecule has 0 amide bonds. The topological polar surface area (TPSA) is 68.5 Å². The van der Waals surface area contributed by atoms with Crippen LogP contribution in [0.1, 0.15) is 19.8 Å². The molecule has 0 aromatic rings. The Morgan fingerprint density at radius 1 is 1.50 bits per heavy atom. The Morgan fingerprint density at radius 3 is 2.30 bits per heavy atom. The van der Waals surface area contributed by atoms with Gasteiger partial charge in [0, 0.05) is 0 Å². The van der Waals surface area contributed by atoms with Gasteiger partial charge in [0.25, 0.3) is 0 Å². The van der Waals surface area contributed by atoms with Crippen LogP contribution in [0.4, 0.5) is 0 Å². The summed E-state index contributed by atoms with van der Waals surface area (Å²) in [5.74, 6) is 0. The van der Waals surface area contributed by atoms with Gasteiger partial charge < -0.3 is 4.72 Å². The Kier molecular flexibility index (Phi) is 10.1. The molecular weight excluding hydrogens is 181 g/mol. The van der Waals surface area contributed by atoms with E-state index >= 15 is 0 Å². The molecule has 0 saturated heterocycles. The van der Waals surface area contributed by atoms with Crippen molar-refractivity contribution in [1.82, 2.24) is 0 Å². The maximum absolute atomic E-state index is 9.89. The summed E-state index contributed by atoms with van der Waals surface area (Å²) in [4.78, 5) is 0. The van der Waals surface area contributed by atoms with E-state index in [1.54, 1.807) is 0 Å². The summed E-state index contributed by atoms with van der Waals surface area (Å²) in [6, 6.07) is 0. The van der Waals surface area contributed by atoms with E-state index in [2.05, 4.69) is 4.72 Å². The summed E-state index contributed by atoms with van der Waals surface area (Å²) in [7, 11) is -4.07. The van der Waals surface area contributed by atoms with Gasteiger partial charge in [0.05, 0.1) is 0 Å². The Morgan fingerprint density at radius 2 is 2.00 bits per heavy atom. The van der Waals surface area contributed by atoms with E-state index in [4.69, 9.17) is 4.55 Å². The molecule has 0 fully saturated rings. The Labute approximate surface area is 104 Å². The van der Waals surface area contributed by atoms with Gasteiger partial charge in [-0.15, -0.1) is 6.54 Å². The predicted molar refractivity (Wildman–Crippen MR) is 34.7 cm³/mol. The molecule has 0 aromatic heterocycles. The third-order valence-corrected chi connectivity index (χ3v) is 1.27. The molecule has 0 aliphatic rings. The second kappa shape index (κ2) is 7.17. The van der Waals surface area contributed by atoms with Crippen LogP contribution < -0.4 is 51.4 Å². The Balaban J connectivity index is 0. The molecule has 56 valence electrons. The van der Waals surface area contributed by atoms with Crippen molar-refractivity contribution in [2.75, 3.05) is 6.54 Å². The third-order valence-electron chi connectivity index (χ3n) is 0.766. The minimum absolute atomic E-state index is 0. The average Bonchev–Trinajstić information content (AvgIpc) is 1.63. The summed E-state index contributed by atoms with van der Waals surface area (Å²) in [6.45, 7) is 2.11. The fourth-order valence-electron chi connectivity index (χ4n) is 0.338. The molecule has 0 unspecified atom stereocenters. The largest absolute Gasteiger partial charge is 1.00 e. The number of hydrogen-bond acceptors (Lipinski definition) is 2. The van der Waals surface area contributed by atoms with Crippen LogP contribution in [0.3, 0.4) is 0 Å². The van der Waals surface area contributed by atoms with Crippen LogP contribution in [0, 0.1) is 0 Å². The molecule has 6 heteroatoms. The summed E-state index contributed by atoms with van der Waals surface area (Å²) in [6.07, 6.45) is 1.57. The van der Waals surface area contributed by atoms with Crippen molar-refractivity contribution < 1.29 is 64.4 Å². The molecule has 0 rings (SSSR count). The summed E-state index contributed by atoms with van der Waals surface area (Å²) < 4.78 is 30.8. The van der Waals surface area contributed by atoms with E-state index in [-0.39, 0.29) is 57.9 Å². The van der Waals surface area contributed by atoms with E-state index in [1.165, 1.54) is 0 Å². The maximum Gasteiger partial charge on any atom is 1.00 e.